The monoisotopic (exact) mass is 248 g/mol. The van der Waals surface area contributed by atoms with Gasteiger partial charge in [-0.15, -0.1) is 0 Å². The topological polar surface area (TPSA) is 55.1 Å². The minimum atomic E-state index is -0.424. The number of nitrogens with two attached hydrogens (primary N) is 1. The summed E-state index contributed by atoms with van der Waals surface area (Å²) in [4.78, 5) is 11.8. The van der Waals surface area contributed by atoms with Gasteiger partial charge in [-0.05, 0) is 23.8 Å². The Morgan fingerprint density at radius 1 is 1.28 bits per heavy atom. The maximum atomic E-state index is 11.8. The van der Waals surface area contributed by atoms with Crippen LogP contribution >= 0.6 is 0 Å². The Hall–Kier alpha value is -1.35. The van der Waals surface area contributed by atoms with Gasteiger partial charge < -0.3 is 11.1 Å². The maximum absolute atomic E-state index is 11.8. The lowest BCUT2D eigenvalue weighted by molar-refractivity contribution is -0.122. The summed E-state index contributed by atoms with van der Waals surface area (Å²) in [5.74, 6) is -0.0548. The molecule has 0 radical (unpaired) electrons. The van der Waals surface area contributed by atoms with Crippen LogP contribution in [0.1, 0.15) is 32.8 Å². The summed E-state index contributed by atoms with van der Waals surface area (Å²) in [6, 6.07) is 9.67. The Bertz CT molecular complexity index is 368. The van der Waals surface area contributed by atoms with E-state index >= 15 is 0 Å². The molecule has 0 heterocycles. The number of benzene rings is 1. The first-order valence-corrected chi connectivity index (χ1v) is 6.46. The van der Waals surface area contributed by atoms with Crippen LogP contribution in [0.5, 0.6) is 0 Å². The molecular formula is C15H24N2O. The van der Waals surface area contributed by atoms with E-state index < -0.39 is 6.04 Å². The van der Waals surface area contributed by atoms with Gasteiger partial charge in [-0.2, -0.15) is 0 Å². The number of rotatable bonds is 5. The molecule has 1 atom stereocenters. The molecule has 0 aliphatic carbocycles. The SMILES string of the molecule is CC(C)(C)CNC(=O)C(N)CCc1ccccc1. The highest BCUT2D eigenvalue weighted by atomic mass is 16.2. The first-order chi connectivity index (χ1) is 8.38. The fraction of sp³-hybridized carbons (Fsp3) is 0.533. The van der Waals surface area contributed by atoms with Crippen molar-refractivity contribution in [2.24, 2.45) is 11.1 Å². The Balaban J connectivity index is 2.32. The van der Waals surface area contributed by atoms with E-state index in [0.717, 1.165) is 6.42 Å². The van der Waals surface area contributed by atoms with Crippen LogP contribution in [0.15, 0.2) is 30.3 Å². The van der Waals surface area contributed by atoms with Gasteiger partial charge in [0.25, 0.3) is 0 Å². The van der Waals surface area contributed by atoms with E-state index in [-0.39, 0.29) is 11.3 Å². The van der Waals surface area contributed by atoms with Crippen molar-refractivity contribution in [3.63, 3.8) is 0 Å². The molecule has 0 aliphatic rings. The van der Waals surface area contributed by atoms with Gasteiger partial charge >= 0.3 is 0 Å². The lowest BCUT2D eigenvalue weighted by atomic mass is 9.96. The van der Waals surface area contributed by atoms with Crippen molar-refractivity contribution < 1.29 is 4.79 Å². The van der Waals surface area contributed by atoms with Crippen molar-refractivity contribution in [1.29, 1.82) is 0 Å². The molecule has 0 saturated carbocycles. The molecular weight excluding hydrogens is 224 g/mol. The maximum Gasteiger partial charge on any atom is 0.236 e. The summed E-state index contributed by atoms with van der Waals surface area (Å²) in [6.45, 7) is 6.92. The van der Waals surface area contributed by atoms with Crippen LogP contribution in [0.3, 0.4) is 0 Å². The molecule has 1 rings (SSSR count). The van der Waals surface area contributed by atoms with Crippen molar-refractivity contribution in [3.8, 4) is 0 Å². The number of carbonyl (C=O) groups is 1. The second-order valence-corrected chi connectivity index (χ2v) is 5.91. The summed E-state index contributed by atoms with van der Waals surface area (Å²) >= 11 is 0. The quantitative estimate of drug-likeness (QED) is 0.838. The summed E-state index contributed by atoms with van der Waals surface area (Å²) in [5, 5.41) is 2.89. The first kappa shape index (κ1) is 14.7. The highest BCUT2D eigenvalue weighted by molar-refractivity contribution is 5.81. The molecule has 0 aliphatic heterocycles. The summed E-state index contributed by atoms with van der Waals surface area (Å²) < 4.78 is 0. The Labute approximate surface area is 110 Å². The van der Waals surface area contributed by atoms with Crippen LogP contribution in [-0.2, 0) is 11.2 Å². The minimum absolute atomic E-state index is 0.0548. The number of carbonyl (C=O) groups excluding carboxylic acids is 1. The highest BCUT2D eigenvalue weighted by Crippen LogP contribution is 2.10. The Kier molecular flexibility index (Phi) is 5.35. The second-order valence-electron chi connectivity index (χ2n) is 5.91. The minimum Gasteiger partial charge on any atom is -0.354 e. The van der Waals surface area contributed by atoms with Gasteiger partial charge in [0, 0.05) is 6.54 Å². The van der Waals surface area contributed by atoms with Gasteiger partial charge in [0.1, 0.15) is 0 Å². The van der Waals surface area contributed by atoms with Crippen LogP contribution in [-0.4, -0.2) is 18.5 Å². The zero-order valence-electron chi connectivity index (χ0n) is 11.6. The fourth-order valence-corrected chi connectivity index (χ4v) is 1.58. The molecule has 3 N–H and O–H groups in total. The lowest BCUT2D eigenvalue weighted by Crippen LogP contribution is -2.43. The first-order valence-electron chi connectivity index (χ1n) is 6.46. The third kappa shape index (κ3) is 5.82. The molecule has 1 aromatic carbocycles. The van der Waals surface area contributed by atoms with Crippen LogP contribution in [0, 0.1) is 5.41 Å². The normalized spacial score (nSPS) is 13.1. The molecule has 100 valence electrons. The molecule has 0 bridgehead atoms. The summed E-state index contributed by atoms with van der Waals surface area (Å²) in [7, 11) is 0. The fourth-order valence-electron chi connectivity index (χ4n) is 1.58. The lowest BCUT2D eigenvalue weighted by Gasteiger charge is -2.20. The van der Waals surface area contributed by atoms with Crippen molar-refractivity contribution in [2.75, 3.05) is 6.54 Å². The van der Waals surface area contributed by atoms with E-state index in [0.29, 0.717) is 13.0 Å². The van der Waals surface area contributed by atoms with Crippen molar-refractivity contribution in [3.05, 3.63) is 35.9 Å². The standard InChI is InChI=1S/C15H24N2O/c1-15(2,3)11-17-14(18)13(16)10-9-12-7-5-4-6-8-12/h4-8,13H,9-11,16H2,1-3H3,(H,17,18). The Morgan fingerprint density at radius 3 is 2.44 bits per heavy atom. The van der Waals surface area contributed by atoms with Crippen molar-refractivity contribution in [1.82, 2.24) is 5.32 Å². The van der Waals surface area contributed by atoms with Crippen LogP contribution in [0.2, 0.25) is 0 Å². The molecule has 0 saturated heterocycles. The zero-order chi connectivity index (χ0) is 13.6. The van der Waals surface area contributed by atoms with Gasteiger partial charge in [0.05, 0.1) is 6.04 Å². The van der Waals surface area contributed by atoms with E-state index in [1.54, 1.807) is 0 Å². The largest absolute Gasteiger partial charge is 0.354 e. The third-order valence-electron chi connectivity index (χ3n) is 2.72. The van der Waals surface area contributed by atoms with E-state index in [9.17, 15) is 4.79 Å². The molecule has 0 aromatic heterocycles. The molecule has 0 spiro atoms. The van der Waals surface area contributed by atoms with Gasteiger partial charge in [-0.1, -0.05) is 51.1 Å². The number of nitrogens with one attached hydrogen (secondary N) is 1. The van der Waals surface area contributed by atoms with Gasteiger partial charge in [0.15, 0.2) is 0 Å². The Morgan fingerprint density at radius 2 is 1.89 bits per heavy atom. The highest BCUT2D eigenvalue weighted by Gasteiger charge is 2.16. The van der Waals surface area contributed by atoms with Gasteiger partial charge in [-0.25, -0.2) is 0 Å². The van der Waals surface area contributed by atoms with Crippen molar-refractivity contribution in [2.45, 2.75) is 39.7 Å². The molecule has 18 heavy (non-hydrogen) atoms. The molecule has 1 aromatic rings. The number of hydrogen-bond acceptors (Lipinski definition) is 2. The third-order valence-corrected chi connectivity index (χ3v) is 2.72. The molecule has 3 nitrogen and oxygen atoms in total. The predicted molar refractivity (Wildman–Crippen MR) is 75.2 cm³/mol. The number of hydrogen-bond donors (Lipinski definition) is 2. The molecule has 1 amide bonds. The van der Waals surface area contributed by atoms with E-state index in [2.05, 4.69) is 38.2 Å². The zero-order valence-corrected chi connectivity index (χ0v) is 11.6. The van der Waals surface area contributed by atoms with E-state index in [1.807, 2.05) is 18.2 Å². The van der Waals surface area contributed by atoms with Gasteiger partial charge in [-0.3, -0.25) is 4.79 Å². The van der Waals surface area contributed by atoms with Gasteiger partial charge in [0.2, 0.25) is 5.91 Å². The van der Waals surface area contributed by atoms with E-state index in [1.165, 1.54) is 5.56 Å². The van der Waals surface area contributed by atoms with Crippen molar-refractivity contribution >= 4 is 5.91 Å². The average molecular weight is 248 g/mol. The number of aryl methyl sites for hydroxylation is 1. The number of amides is 1. The predicted octanol–water partition coefficient (Wildman–Crippen LogP) is 2.11. The van der Waals surface area contributed by atoms with Crippen LogP contribution < -0.4 is 11.1 Å². The second kappa shape index (κ2) is 6.55. The summed E-state index contributed by atoms with van der Waals surface area (Å²) in [6.07, 6.45) is 1.52. The average Bonchev–Trinajstić information content (AvgIpc) is 2.33. The molecule has 1 unspecified atom stereocenters. The van der Waals surface area contributed by atoms with E-state index in [4.69, 9.17) is 5.73 Å². The van der Waals surface area contributed by atoms with Crippen LogP contribution in [0.4, 0.5) is 0 Å². The smallest absolute Gasteiger partial charge is 0.236 e. The molecule has 3 heteroatoms. The van der Waals surface area contributed by atoms with Crippen LogP contribution in [0.25, 0.3) is 0 Å². The summed E-state index contributed by atoms with van der Waals surface area (Å²) in [5.41, 5.74) is 7.19. The molecule has 0 fully saturated rings.